The van der Waals surface area contributed by atoms with Crippen LogP contribution in [0, 0.1) is 0 Å². The highest BCUT2D eigenvalue weighted by molar-refractivity contribution is 6.01. The largest absolute Gasteiger partial charge is 0.497 e. The van der Waals surface area contributed by atoms with Crippen molar-refractivity contribution in [2.45, 2.75) is 26.3 Å². The number of ether oxygens (including phenoxy) is 1. The van der Waals surface area contributed by atoms with E-state index in [2.05, 4.69) is 4.99 Å². The average molecular weight is 219 g/mol. The number of nitrogens with zero attached hydrogens (tertiary/aromatic N) is 1. The summed E-state index contributed by atoms with van der Waals surface area (Å²) in [5, 5.41) is 0. The predicted molar refractivity (Wildman–Crippen MR) is 65.3 cm³/mol. The molecule has 16 heavy (non-hydrogen) atoms. The number of benzene rings is 1. The van der Waals surface area contributed by atoms with E-state index in [0.29, 0.717) is 0 Å². The molecular weight excluding hydrogens is 202 g/mol. The normalized spacial score (nSPS) is 13.3. The molecule has 0 aliphatic heterocycles. The molecule has 3 heteroatoms. The van der Waals surface area contributed by atoms with Crippen LogP contribution in [0.1, 0.15) is 25.8 Å². The summed E-state index contributed by atoms with van der Waals surface area (Å²) < 4.78 is 5.09. The Bertz CT molecular complexity index is 368. The lowest BCUT2D eigenvalue weighted by atomic mass is 10.1. The molecule has 0 radical (unpaired) electrons. The maximum Gasteiger partial charge on any atom is 0.144 e. The molecule has 0 aliphatic rings. The Balaban J connectivity index is 2.95. The molecule has 0 N–H and O–H groups in total. The summed E-state index contributed by atoms with van der Waals surface area (Å²) in [5.74, 6) is 0.822. The Morgan fingerprint density at radius 1 is 1.44 bits per heavy atom. The van der Waals surface area contributed by atoms with Crippen LogP contribution in [0.5, 0.6) is 5.75 Å². The van der Waals surface area contributed by atoms with Crippen LogP contribution in [-0.2, 0) is 4.79 Å². The zero-order valence-corrected chi connectivity index (χ0v) is 9.93. The van der Waals surface area contributed by atoms with E-state index in [-0.39, 0.29) is 6.04 Å². The average Bonchev–Trinajstić information content (AvgIpc) is 2.35. The van der Waals surface area contributed by atoms with Gasteiger partial charge >= 0.3 is 0 Å². The molecule has 0 bridgehead atoms. The molecule has 1 atom stereocenters. The van der Waals surface area contributed by atoms with Gasteiger partial charge in [0.05, 0.1) is 7.11 Å². The highest BCUT2D eigenvalue weighted by atomic mass is 16.5. The molecule has 0 heterocycles. The molecule has 0 fully saturated rings. The van der Waals surface area contributed by atoms with Crippen molar-refractivity contribution in [2.75, 3.05) is 7.11 Å². The van der Waals surface area contributed by atoms with Gasteiger partial charge < -0.3 is 9.53 Å². The van der Waals surface area contributed by atoms with Gasteiger partial charge in [-0.3, -0.25) is 4.99 Å². The standard InChI is InChI=1S/C13H17NO2/c1-4-13(14-10(2)9-15)11-5-7-12(16-3)8-6-11/h5-10H,4H2,1-3H3. The monoisotopic (exact) mass is 219 g/mol. The zero-order chi connectivity index (χ0) is 12.0. The van der Waals surface area contributed by atoms with Gasteiger partial charge in [-0.15, -0.1) is 0 Å². The number of hydrogen-bond donors (Lipinski definition) is 0. The summed E-state index contributed by atoms with van der Waals surface area (Å²) in [5.41, 5.74) is 1.99. The van der Waals surface area contributed by atoms with Crippen molar-refractivity contribution in [1.29, 1.82) is 0 Å². The maximum absolute atomic E-state index is 10.6. The van der Waals surface area contributed by atoms with E-state index in [4.69, 9.17) is 4.74 Å². The highest BCUT2D eigenvalue weighted by Crippen LogP contribution is 2.13. The first-order valence-electron chi connectivity index (χ1n) is 5.37. The second-order valence-electron chi connectivity index (χ2n) is 3.53. The molecule has 0 aliphatic carbocycles. The Kier molecular flexibility index (Phi) is 4.70. The van der Waals surface area contributed by atoms with Gasteiger partial charge in [-0.05, 0) is 43.2 Å². The van der Waals surface area contributed by atoms with E-state index in [0.717, 1.165) is 29.7 Å². The second-order valence-corrected chi connectivity index (χ2v) is 3.53. The molecule has 1 aromatic rings. The molecule has 1 rings (SSSR count). The number of aliphatic imine (C=N–C) groups is 1. The van der Waals surface area contributed by atoms with E-state index in [1.165, 1.54) is 0 Å². The fourth-order valence-corrected chi connectivity index (χ4v) is 1.43. The summed E-state index contributed by atoms with van der Waals surface area (Å²) in [4.78, 5) is 14.9. The number of aldehydes is 1. The summed E-state index contributed by atoms with van der Waals surface area (Å²) in [7, 11) is 1.64. The molecular formula is C13H17NO2. The lowest BCUT2D eigenvalue weighted by Gasteiger charge is -2.07. The first kappa shape index (κ1) is 12.4. The summed E-state index contributed by atoms with van der Waals surface area (Å²) >= 11 is 0. The second kappa shape index (κ2) is 6.05. The van der Waals surface area contributed by atoms with Crippen LogP contribution >= 0.6 is 0 Å². The quantitative estimate of drug-likeness (QED) is 0.563. The number of rotatable bonds is 5. The smallest absolute Gasteiger partial charge is 0.144 e. The van der Waals surface area contributed by atoms with Crippen molar-refractivity contribution in [1.82, 2.24) is 0 Å². The lowest BCUT2D eigenvalue weighted by Crippen LogP contribution is -2.07. The third kappa shape index (κ3) is 3.19. The van der Waals surface area contributed by atoms with Gasteiger partial charge in [0, 0.05) is 5.71 Å². The molecule has 3 nitrogen and oxygen atoms in total. The third-order valence-electron chi connectivity index (χ3n) is 2.31. The van der Waals surface area contributed by atoms with Crippen LogP contribution in [0.3, 0.4) is 0 Å². The van der Waals surface area contributed by atoms with Crippen LogP contribution < -0.4 is 4.74 Å². The van der Waals surface area contributed by atoms with E-state index < -0.39 is 0 Å². The first-order chi connectivity index (χ1) is 7.71. The minimum absolute atomic E-state index is 0.281. The zero-order valence-electron chi connectivity index (χ0n) is 9.93. The number of methoxy groups -OCH3 is 1. The molecule has 0 saturated carbocycles. The van der Waals surface area contributed by atoms with Gasteiger partial charge in [0.1, 0.15) is 18.1 Å². The van der Waals surface area contributed by atoms with Crippen molar-refractivity contribution < 1.29 is 9.53 Å². The van der Waals surface area contributed by atoms with Gasteiger partial charge in [-0.25, -0.2) is 0 Å². The number of carbonyl (C=O) groups excluding carboxylic acids is 1. The Labute approximate surface area is 96.2 Å². The van der Waals surface area contributed by atoms with Gasteiger partial charge in [0.15, 0.2) is 0 Å². The van der Waals surface area contributed by atoms with Crippen molar-refractivity contribution in [2.24, 2.45) is 4.99 Å². The van der Waals surface area contributed by atoms with Gasteiger partial charge in [0.25, 0.3) is 0 Å². The molecule has 1 aromatic carbocycles. The van der Waals surface area contributed by atoms with E-state index in [1.807, 2.05) is 31.2 Å². The fourth-order valence-electron chi connectivity index (χ4n) is 1.43. The molecule has 1 unspecified atom stereocenters. The van der Waals surface area contributed by atoms with Crippen molar-refractivity contribution in [3.05, 3.63) is 29.8 Å². The lowest BCUT2D eigenvalue weighted by molar-refractivity contribution is -0.108. The Hall–Kier alpha value is -1.64. The first-order valence-corrected chi connectivity index (χ1v) is 5.37. The van der Waals surface area contributed by atoms with E-state index in [9.17, 15) is 4.79 Å². The van der Waals surface area contributed by atoms with Crippen LogP contribution in [0.4, 0.5) is 0 Å². The minimum atomic E-state index is -0.281. The third-order valence-corrected chi connectivity index (χ3v) is 2.31. The van der Waals surface area contributed by atoms with E-state index in [1.54, 1.807) is 14.0 Å². The fraction of sp³-hybridized carbons (Fsp3) is 0.385. The molecule has 86 valence electrons. The van der Waals surface area contributed by atoms with E-state index >= 15 is 0 Å². The van der Waals surface area contributed by atoms with Crippen LogP contribution in [-0.4, -0.2) is 25.1 Å². The van der Waals surface area contributed by atoms with Gasteiger partial charge in [-0.1, -0.05) is 6.92 Å². The van der Waals surface area contributed by atoms with Crippen molar-refractivity contribution >= 4 is 12.0 Å². The van der Waals surface area contributed by atoms with Crippen molar-refractivity contribution in [3.63, 3.8) is 0 Å². The maximum atomic E-state index is 10.6. The van der Waals surface area contributed by atoms with Crippen LogP contribution in [0.2, 0.25) is 0 Å². The summed E-state index contributed by atoms with van der Waals surface area (Å²) in [6, 6.07) is 7.42. The summed E-state index contributed by atoms with van der Waals surface area (Å²) in [6.07, 6.45) is 1.66. The minimum Gasteiger partial charge on any atom is -0.497 e. The Morgan fingerprint density at radius 3 is 2.50 bits per heavy atom. The molecule has 0 aromatic heterocycles. The Morgan fingerprint density at radius 2 is 2.06 bits per heavy atom. The number of hydrogen-bond acceptors (Lipinski definition) is 3. The van der Waals surface area contributed by atoms with Crippen molar-refractivity contribution in [3.8, 4) is 5.75 Å². The number of carbonyl (C=O) groups is 1. The SMILES string of the molecule is CCC(=NC(C)C=O)c1ccc(OC)cc1. The predicted octanol–water partition coefficient (Wildman–Crippen LogP) is 2.48. The van der Waals surface area contributed by atoms with Crippen LogP contribution in [0.15, 0.2) is 29.3 Å². The van der Waals surface area contributed by atoms with Gasteiger partial charge in [-0.2, -0.15) is 0 Å². The topological polar surface area (TPSA) is 38.7 Å². The molecule has 0 spiro atoms. The van der Waals surface area contributed by atoms with Gasteiger partial charge in [0.2, 0.25) is 0 Å². The highest BCUT2D eigenvalue weighted by Gasteiger charge is 2.04. The van der Waals surface area contributed by atoms with Crippen LogP contribution in [0.25, 0.3) is 0 Å². The summed E-state index contributed by atoms with van der Waals surface area (Å²) in [6.45, 7) is 3.81. The molecule has 0 saturated heterocycles. The molecule has 0 amide bonds.